The Balaban J connectivity index is 1.48. The van der Waals surface area contributed by atoms with Crippen molar-refractivity contribution in [3.05, 3.63) is 60.2 Å². The quantitative estimate of drug-likeness (QED) is 0.592. The van der Waals surface area contributed by atoms with Gasteiger partial charge in [-0.1, -0.05) is 36.8 Å². The van der Waals surface area contributed by atoms with E-state index in [9.17, 15) is 9.59 Å². The molecule has 2 aromatic rings. The van der Waals surface area contributed by atoms with Crippen molar-refractivity contribution >= 4 is 11.8 Å². The molecule has 0 spiro atoms. The molecule has 1 saturated carbocycles. The van der Waals surface area contributed by atoms with Crippen LogP contribution in [0.1, 0.15) is 29.6 Å². The van der Waals surface area contributed by atoms with Gasteiger partial charge in [0.05, 0.1) is 5.56 Å². The molecule has 0 radical (unpaired) electrons. The van der Waals surface area contributed by atoms with E-state index < -0.39 is 5.91 Å². The molecule has 0 aromatic heterocycles. The molecule has 1 fully saturated rings. The molecule has 0 aliphatic heterocycles. The van der Waals surface area contributed by atoms with Crippen molar-refractivity contribution in [3.8, 4) is 11.5 Å². The summed E-state index contributed by atoms with van der Waals surface area (Å²) in [6.45, 7) is 0.659. The van der Waals surface area contributed by atoms with E-state index in [1.54, 1.807) is 24.3 Å². The molecule has 2 N–H and O–H groups in total. The first kappa shape index (κ1) is 17.8. The van der Waals surface area contributed by atoms with Crippen LogP contribution >= 0.6 is 0 Å². The number of para-hydroxylation sites is 2. The van der Waals surface area contributed by atoms with Crippen molar-refractivity contribution in [1.82, 2.24) is 10.9 Å². The fourth-order valence-corrected chi connectivity index (χ4v) is 2.57. The molecule has 0 unspecified atom stereocenters. The zero-order valence-corrected chi connectivity index (χ0v) is 14.4. The molecule has 26 heavy (non-hydrogen) atoms. The second-order valence-corrected chi connectivity index (χ2v) is 6.08. The highest BCUT2D eigenvalue weighted by atomic mass is 16.5. The van der Waals surface area contributed by atoms with Gasteiger partial charge in [-0.2, -0.15) is 0 Å². The highest BCUT2D eigenvalue weighted by Gasteiger charge is 2.25. The number of hydrogen-bond acceptors (Lipinski definition) is 4. The smallest absolute Gasteiger partial charge is 0.273 e. The lowest BCUT2D eigenvalue weighted by Crippen LogP contribution is -2.46. The molecule has 2 aromatic carbocycles. The molecule has 0 heterocycles. The lowest BCUT2D eigenvalue weighted by atomic mass is 9.85. The van der Waals surface area contributed by atoms with Gasteiger partial charge >= 0.3 is 0 Å². The van der Waals surface area contributed by atoms with Crippen LogP contribution in [-0.4, -0.2) is 25.0 Å². The van der Waals surface area contributed by atoms with Gasteiger partial charge in [0.2, 0.25) is 5.91 Å². The number of amides is 2. The highest BCUT2D eigenvalue weighted by molar-refractivity contribution is 5.98. The maximum absolute atomic E-state index is 12.3. The Bertz CT molecular complexity index is 744. The van der Waals surface area contributed by atoms with Gasteiger partial charge in [0.15, 0.2) is 0 Å². The van der Waals surface area contributed by atoms with Crippen LogP contribution in [0.15, 0.2) is 54.6 Å². The topological polar surface area (TPSA) is 76.7 Å². The summed E-state index contributed by atoms with van der Waals surface area (Å²) < 4.78 is 11.2. The molecule has 6 nitrogen and oxygen atoms in total. The number of nitrogens with one attached hydrogen (secondary N) is 2. The molecule has 2 amide bonds. The van der Waals surface area contributed by atoms with E-state index in [-0.39, 0.29) is 11.8 Å². The number of ether oxygens (including phenoxy) is 2. The minimum atomic E-state index is -0.405. The number of carbonyl (C=O) groups is 2. The van der Waals surface area contributed by atoms with E-state index in [1.165, 1.54) is 0 Å². The van der Waals surface area contributed by atoms with Crippen molar-refractivity contribution in [2.75, 3.05) is 13.2 Å². The average molecular weight is 354 g/mol. The summed E-state index contributed by atoms with van der Waals surface area (Å²) in [4.78, 5) is 24.1. The number of rotatable bonds is 7. The first-order chi connectivity index (χ1) is 12.7. The molecule has 0 atom stereocenters. The van der Waals surface area contributed by atoms with Crippen LogP contribution in [0, 0.1) is 5.92 Å². The zero-order chi connectivity index (χ0) is 18.2. The molecule has 6 heteroatoms. The summed E-state index contributed by atoms with van der Waals surface area (Å²) in [6, 6.07) is 16.3. The normalized spacial score (nSPS) is 13.4. The number of carbonyl (C=O) groups excluding carboxylic acids is 2. The van der Waals surface area contributed by atoms with Crippen molar-refractivity contribution < 1.29 is 19.1 Å². The van der Waals surface area contributed by atoms with E-state index in [4.69, 9.17) is 9.47 Å². The molecular formula is C20H22N2O4. The van der Waals surface area contributed by atoms with Gasteiger partial charge in [0.1, 0.15) is 24.7 Å². The third-order valence-corrected chi connectivity index (χ3v) is 4.26. The van der Waals surface area contributed by atoms with Crippen LogP contribution in [0.25, 0.3) is 0 Å². The number of hydrazine groups is 1. The van der Waals surface area contributed by atoms with E-state index >= 15 is 0 Å². The van der Waals surface area contributed by atoms with Crippen LogP contribution in [0.5, 0.6) is 11.5 Å². The van der Waals surface area contributed by atoms with Gasteiger partial charge in [0, 0.05) is 5.92 Å². The predicted molar refractivity (Wildman–Crippen MR) is 96.8 cm³/mol. The second-order valence-electron chi connectivity index (χ2n) is 6.08. The largest absolute Gasteiger partial charge is 0.490 e. The van der Waals surface area contributed by atoms with Gasteiger partial charge in [-0.3, -0.25) is 20.4 Å². The lowest BCUT2D eigenvalue weighted by molar-refractivity contribution is -0.128. The van der Waals surface area contributed by atoms with Crippen molar-refractivity contribution in [1.29, 1.82) is 0 Å². The molecule has 1 aliphatic rings. The SMILES string of the molecule is O=C(NNC(=O)C1CCC1)c1ccccc1OCCOc1ccccc1. The Morgan fingerprint density at radius 1 is 0.885 bits per heavy atom. The molecule has 0 bridgehead atoms. The standard InChI is InChI=1S/C20H22N2O4/c23-19(15-7-6-8-15)21-22-20(24)17-11-4-5-12-18(17)26-14-13-25-16-9-2-1-3-10-16/h1-5,9-12,15H,6-8,13-14H2,(H,21,23)(H,22,24). The predicted octanol–water partition coefficient (Wildman–Crippen LogP) is 2.71. The number of benzene rings is 2. The Hall–Kier alpha value is -3.02. The summed E-state index contributed by atoms with van der Waals surface area (Å²) in [5.74, 6) is 0.675. The first-order valence-electron chi connectivity index (χ1n) is 8.74. The van der Waals surface area contributed by atoms with Crippen LogP contribution in [0.2, 0.25) is 0 Å². The maximum Gasteiger partial charge on any atom is 0.273 e. The minimum Gasteiger partial charge on any atom is -0.490 e. The van der Waals surface area contributed by atoms with Gasteiger partial charge in [-0.25, -0.2) is 0 Å². The second kappa shape index (κ2) is 8.89. The van der Waals surface area contributed by atoms with E-state index in [2.05, 4.69) is 10.9 Å². The zero-order valence-electron chi connectivity index (χ0n) is 14.4. The first-order valence-corrected chi connectivity index (χ1v) is 8.74. The van der Waals surface area contributed by atoms with Crippen molar-refractivity contribution in [3.63, 3.8) is 0 Å². The fraction of sp³-hybridized carbons (Fsp3) is 0.300. The minimum absolute atomic E-state index is 0.0110. The van der Waals surface area contributed by atoms with Crippen LogP contribution in [-0.2, 0) is 4.79 Å². The highest BCUT2D eigenvalue weighted by Crippen LogP contribution is 2.26. The Kier molecular flexibility index (Phi) is 6.09. The van der Waals surface area contributed by atoms with Gasteiger partial charge in [-0.15, -0.1) is 0 Å². The maximum atomic E-state index is 12.3. The van der Waals surface area contributed by atoms with E-state index in [0.29, 0.717) is 24.5 Å². The summed E-state index contributed by atoms with van der Waals surface area (Å²) in [7, 11) is 0. The third-order valence-electron chi connectivity index (χ3n) is 4.26. The molecule has 1 aliphatic carbocycles. The molecule has 3 rings (SSSR count). The third kappa shape index (κ3) is 4.75. The van der Waals surface area contributed by atoms with E-state index in [0.717, 1.165) is 25.0 Å². The van der Waals surface area contributed by atoms with Crippen LogP contribution in [0.3, 0.4) is 0 Å². The molecular weight excluding hydrogens is 332 g/mol. The van der Waals surface area contributed by atoms with Crippen LogP contribution in [0.4, 0.5) is 0 Å². The van der Waals surface area contributed by atoms with E-state index in [1.807, 2.05) is 30.3 Å². The van der Waals surface area contributed by atoms with Crippen molar-refractivity contribution in [2.24, 2.45) is 5.92 Å². The summed E-state index contributed by atoms with van der Waals surface area (Å²) in [5.41, 5.74) is 5.30. The Morgan fingerprint density at radius 3 is 2.31 bits per heavy atom. The summed E-state index contributed by atoms with van der Waals surface area (Å²) in [6.07, 6.45) is 2.82. The Labute approximate surface area is 152 Å². The lowest BCUT2D eigenvalue weighted by Gasteiger charge is -2.24. The van der Waals surface area contributed by atoms with Crippen molar-refractivity contribution in [2.45, 2.75) is 19.3 Å². The van der Waals surface area contributed by atoms with Crippen LogP contribution < -0.4 is 20.3 Å². The fourth-order valence-electron chi connectivity index (χ4n) is 2.57. The molecule has 0 saturated heterocycles. The monoisotopic (exact) mass is 354 g/mol. The van der Waals surface area contributed by atoms with Gasteiger partial charge in [0.25, 0.3) is 5.91 Å². The Morgan fingerprint density at radius 2 is 1.58 bits per heavy atom. The van der Waals surface area contributed by atoms with Gasteiger partial charge in [-0.05, 0) is 37.1 Å². The molecule has 136 valence electrons. The average Bonchev–Trinajstić information content (AvgIpc) is 2.63. The summed E-state index contributed by atoms with van der Waals surface area (Å²) >= 11 is 0. The van der Waals surface area contributed by atoms with Gasteiger partial charge < -0.3 is 9.47 Å². The summed E-state index contributed by atoms with van der Waals surface area (Å²) in [5, 5.41) is 0. The number of hydrogen-bond donors (Lipinski definition) is 2.